The molecule has 0 aromatic heterocycles. The van der Waals surface area contributed by atoms with E-state index in [4.69, 9.17) is 0 Å². The normalized spacial score (nSPS) is 15.1. The molecule has 14 heavy (non-hydrogen) atoms. The molecular weight excluding hydrogens is 178 g/mol. The third-order valence-electron chi connectivity index (χ3n) is 2.75. The molecule has 0 radical (unpaired) electrons. The summed E-state index contributed by atoms with van der Waals surface area (Å²) in [5, 5.41) is 9.79. The number of phenols is 1. The quantitative estimate of drug-likeness (QED) is 0.685. The van der Waals surface area contributed by atoms with Crippen molar-refractivity contribution in [2.75, 3.05) is 18.5 Å². The predicted molar refractivity (Wildman–Crippen MR) is 55.1 cm³/mol. The molecule has 0 saturated heterocycles. The molecule has 0 fully saturated rings. The molecule has 0 aliphatic carbocycles. The van der Waals surface area contributed by atoms with Crippen molar-refractivity contribution in [3.63, 3.8) is 0 Å². The molecular formula is C11H13NO2. The van der Waals surface area contributed by atoms with E-state index in [1.807, 2.05) is 13.1 Å². The van der Waals surface area contributed by atoms with Gasteiger partial charge < -0.3 is 10.0 Å². The smallest absolute Gasteiger partial charge is 0.153 e. The lowest BCUT2D eigenvalue weighted by Gasteiger charge is -2.28. The Morgan fingerprint density at radius 3 is 3.00 bits per heavy atom. The van der Waals surface area contributed by atoms with Crippen LogP contribution in [-0.2, 0) is 6.42 Å². The first-order valence-electron chi connectivity index (χ1n) is 4.75. The summed E-state index contributed by atoms with van der Waals surface area (Å²) in [5.41, 5.74) is 2.33. The van der Waals surface area contributed by atoms with E-state index in [-0.39, 0.29) is 5.75 Å². The van der Waals surface area contributed by atoms with Gasteiger partial charge in [-0.3, -0.25) is 4.79 Å². The maximum Gasteiger partial charge on any atom is 0.153 e. The lowest BCUT2D eigenvalue weighted by atomic mass is 9.98. The van der Waals surface area contributed by atoms with E-state index in [2.05, 4.69) is 4.90 Å². The third-order valence-corrected chi connectivity index (χ3v) is 2.75. The van der Waals surface area contributed by atoms with Gasteiger partial charge in [0.05, 0.1) is 5.56 Å². The number of phenolic OH excluding ortho intramolecular Hbond substituents is 1. The molecule has 0 bridgehead atoms. The molecule has 0 unspecified atom stereocenters. The van der Waals surface area contributed by atoms with E-state index >= 15 is 0 Å². The highest BCUT2D eigenvalue weighted by atomic mass is 16.3. The molecule has 0 spiro atoms. The van der Waals surface area contributed by atoms with Gasteiger partial charge >= 0.3 is 0 Å². The first-order valence-corrected chi connectivity index (χ1v) is 4.75. The van der Waals surface area contributed by atoms with Crippen LogP contribution in [0, 0.1) is 0 Å². The second kappa shape index (κ2) is 3.33. The van der Waals surface area contributed by atoms with Crippen molar-refractivity contribution >= 4 is 12.0 Å². The molecule has 0 atom stereocenters. The number of benzene rings is 1. The van der Waals surface area contributed by atoms with E-state index < -0.39 is 0 Å². The first-order chi connectivity index (χ1) is 6.74. The number of nitrogens with zero attached hydrogens (tertiary/aromatic N) is 1. The Hall–Kier alpha value is -1.51. The van der Waals surface area contributed by atoms with Crippen LogP contribution in [0.15, 0.2) is 12.1 Å². The molecule has 3 heteroatoms. The van der Waals surface area contributed by atoms with Crippen LogP contribution < -0.4 is 4.90 Å². The highest BCUT2D eigenvalue weighted by Crippen LogP contribution is 2.34. The Bertz CT molecular complexity index is 374. The molecule has 1 aliphatic heterocycles. The van der Waals surface area contributed by atoms with Gasteiger partial charge in [0.25, 0.3) is 0 Å². The summed E-state index contributed by atoms with van der Waals surface area (Å²) in [5.74, 6) is 0.157. The zero-order chi connectivity index (χ0) is 10.1. The van der Waals surface area contributed by atoms with Crippen molar-refractivity contribution in [1.29, 1.82) is 0 Å². The number of hydrogen-bond donors (Lipinski definition) is 1. The largest absolute Gasteiger partial charge is 0.507 e. The first kappa shape index (κ1) is 9.06. The minimum absolute atomic E-state index is 0.157. The highest BCUT2D eigenvalue weighted by Gasteiger charge is 2.18. The fourth-order valence-corrected chi connectivity index (χ4v) is 1.96. The van der Waals surface area contributed by atoms with Crippen molar-refractivity contribution in [1.82, 2.24) is 0 Å². The topological polar surface area (TPSA) is 40.5 Å². The monoisotopic (exact) mass is 191 g/mol. The second-order valence-electron chi connectivity index (χ2n) is 3.64. The van der Waals surface area contributed by atoms with Gasteiger partial charge in [-0.2, -0.15) is 0 Å². The van der Waals surface area contributed by atoms with Gasteiger partial charge in [-0.25, -0.2) is 0 Å². The SMILES string of the molecule is CN1CCCc2c1ccc(C=O)c2O. The van der Waals surface area contributed by atoms with Crippen molar-refractivity contribution in [2.45, 2.75) is 12.8 Å². The standard InChI is InChI=1S/C11H13NO2/c1-12-6-2-3-9-10(12)5-4-8(7-13)11(9)14/h4-5,7,14H,2-3,6H2,1H3. The number of anilines is 1. The lowest BCUT2D eigenvalue weighted by molar-refractivity contribution is 0.112. The molecule has 0 saturated carbocycles. The van der Waals surface area contributed by atoms with Gasteiger partial charge in [-0.1, -0.05) is 0 Å². The molecule has 1 heterocycles. The minimum Gasteiger partial charge on any atom is -0.507 e. The summed E-state index contributed by atoms with van der Waals surface area (Å²) in [7, 11) is 2.00. The molecule has 3 nitrogen and oxygen atoms in total. The molecule has 1 aromatic rings. The van der Waals surface area contributed by atoms with Crippen LogP contribution in [0.3, 0.4) is 0 Å². The van der Waals surface area contributed by atoms with Crippen LogP contribution >= 0.6 is 0 Å². The number of aromatic hydroxyl groups is 1. The van der Waals surface area contributed by atoms with Crippen molar-refractivity contribution < 1.29 is 9.90 Å². The molecule has 0 amide bonds. The number of rotatable bonds is 1. The lowest BCUT2D eigenvalue weighted by Crippen LogP contribution is -2.24. The van der Waals surface area contributed by atoms with E-state index in [1.165, 1.54) is 0 Å². The average Bonchev–Trinajstić information content (AvgIpc) is 2.20. The van der Waals surface area contributed by atoms with Crippen LogP contribution in [-0.4, -0.2) is 25.0 Å². The summed E-state index contributed by atoms with van der Waals surface area (Å²) in [6.45, 7) is 1.01. The summed E-state index contributed by atoms with van der Waals surface area (Å²) in [6.07, 6.45) is 2.58. The van der Waals surface area contributed by atoms with Crippen LogP contribution in [0.25, 0.3) is 0 Å². The number of hydrogen-bond acceptors (Lipinski definition) is 3. The molecule has 2 rings (SSSR count). The zero-order valence-corrected chi connectivity index (χ0v) is 8.16. The van der Waals surface area contributed by atoms with Gasteiger partial charge in [-0.15, -0.1) is 0 Å². The fraction of sp³-hybridized carbons (Fsp3) is 0.364. The summed E-state index contributed by atoms with van der Waals surface area (Å²) >= 11 is 0. The number of carbonyl (C=O) groups excluding carboxylic acids is 1. The number of carbonyl (C=O) groups is 1. The fourth-order valence-electron chi connectivity index (χ4n) is 1.96. The third kappa shape index (κ3) is 1.25. The van der Waals surface area contributed by atoms with Gasteiger partial charge in [-0.05, 0) is 25.0 Å². The van der Waals surface area contributed by atoms with Crippen molar-refractivity contribution in [2.24, 2.45) is 0 Å². The average molecular weight is 191 g/mol. The van der Waals surface area contributed by atoms with E-state index in [0.29, 0.717) is 11.8 Å². The molecule has 1 aliphatic rings. The zero-order valence-electron chi connectivity index (χ0n) is 8.16. The van der Waals surface area contributed by atoms with Crippen LogP contribution in [0.1, 0.15) is 22.3 Å². The van der Waals surface area contributed by atoms with Crippen LogP contribution in [0.5, 0.6) is 5.75 Å². The summed E-state index contributed by atoms with van der Waals surface area (Å²) < 4.78 is 0. The minimum atomic E-state index is 0.157. The van der Waals surface area contributed by atoms with Gasteiger partial charge in [0.2, 0.25) is 0 Å². The van der Waals surface area contributed by atoms with E-state index in [9.17, 15) is 9.90 Å². The highest BCUT2D eigenvalue weighted by molar-refractivity contribution is 5.82. The predicted octanol–water partition coefficient (Wildman–Crippen LogP) is 1.59. The molecule has 1 aromatic carbocycles. The van der Waals surface area contributed by atoms with Gasteiger partial charge in [0, 0.05) is 24.8 Å². The second-order valence-corrected chi connectivity index (χ2v) is 3.64. The van der Waals surface area contributed by atoms with Crippen LogP contribution in [0.4, 0.5) is 5.69 Å². The molecule has 1 N–H and O–H groups in total. The molecule has 74 valence electrons. The van der Waals surface area contributed by atoms with Crippen molar-refractivity contribution in [3.8, 4) is 5.75 Å². The maximum atomic E-state index is 10.6. The van der Waals surface area contributed by atoms with Gasteiger partial charge in [0.1, 0.15) is 5.75 Å². The van der Waals surface area contributed by atoms with Gasteiger partial charge in [0.15, 0.2) is 6.29 Å². The Morgan fingerprint density at radius 1 is 1.50 bits per heavy atom. The Balaban J connectivity index is 2.57. The summed E-state index contributed by atoms with van der Waals surface area (Å²) in [4.78, 5) is 12.7. The number of fused-ring (bicyclic) bond motifs is 1. The Kier molecular flexibility index (Phi) is 2.15. The summed E-state index contributed by atoms with van der Waals surface area (Å²) in [6, 6.07) is 3.57. The van der Waals surface area contributed by atoms with Crippen molar-refractivity contribution in [3.05, 3.63) is 23.3 Å². The Morgan fingerprint density at radius 2 is 2.29 bits per heavy atom. The Labute approximate surface area is 83.0 Å². The maximum absolute atomic E-state index is 10.6. The van der Waals surface area contributed by atoms with Crippen LogP contribution in [0.2, 0.25) is 0 Å². The number of aldehydes is 1. The van der Waals surface area contributed by atoms with E-state index in [0.717, 1.165) is 30.6 Å². The van der Waals surface area contributed by atoms with E-state index in [1.54, 1.807) is 6.07 Å².